The van der Waals surface area contributed by atoms with E-state index < -0.39 is 0 Å². The van der Waals surface area contributed by atoms with Gasteiger partial charge in [-0.1, -0.05) is 0 Å². The molecule has 2 rings (SSSR count). The third-order valence-electron chi connectivity index (χ3n) is 2.59. The molecule has 0 saturated heterocycles. The van der Waals surface area contributed by atoms with Gasteiger partial charge in [0, 0.05) is 23.6 Å². The Morgan fingerprint density at radius 1 is 1.21 bits per heavy atom. The highest BCUT2D eigenvalue weighted by molar-refractivity contribution is 6.03. The van der Waals surface area contributed by atoms with Crippen LogP contribution in [-0.4, -0.2) is 25.1 Å². The Morgan fingerprint density at radius 3 is 2.53 bits per heavy atom. The highest BCUT2D eigenvalue weighted by atomic mass is 16.5. The lowest BCUT2D eigenvalue weighted by atomic mass is 10.2. The molecule has 6 heteroatoms. The molecule has 1 heterocycles. The number of carbonyl (C=O) groups excluding carboxylic acids is 1. The molecular weight excluding hydrogens is 246 g/mol. The molecule has 0 bridgehead atoms. The molecule has 0 fully saturated rings. The van der Waals surface area contributed by atoms with Crippen LogP contribution in [0, 0.1) is 0 Å². The minimum absolute atomic E-state index is 0.274. The molecule has 0 aliphatic rings. The van der Waals surface area contributed by atoms with E-state index in [0.717, 1.165) is 0 Å². The predicted molar refractivity (Wildman–Crippen MR) is 72.7 cm³/mol. The molecule has 0 aliphatic carbocycles. The maximum absolute atomic E-state index is 11.9. The van der Waals surface area contributed by atoms with Crippen molar-refractivity contribution in [2.75, 3.05) is 25.3 Å². The van der Waals surface area contributed by atoms with Crippen LogP contribution in [0.25, 0.3) is 0 Å². The molecule has 1 amide bonds. The Morgan fingerprint density at radius 2 is 1.95 bits per heavy atom. The first-order valence-corrected chi connectivity index (χ1v) is 5.61. The van der Waals surface area contributed by atoms with Crippen molar-refractivity contribution < 1.29 is 14.3 Å². The summed E-state index contributed by atoms with van der Waals surface area (Å²) >= 11 is 0. The Kier molecular flexibility index (Phi) is 3.61. The van der Waals surface area contributed by atoms with Crippen LogP contribution < -0.4 is 20.5 Å². The van der Waals surface area contributed by atoms with Gasteiger partial charge < -0.3 is 25.5 Å². The minimum atomic E-state index is -0.274. The number of rotatable bonds is 4. The maximum atomic E-state index is 11.9. The molecule has 0 unspecified atom stereocenters. The van der Waals surface area contributed by atoms with Gasteiger partial charge in [-0.3, -0.25) is 4.79 Å². The van der Waals surface area contributed by atoms with Gasteiger partial charge in [-0.15, -0.1) is 0 Å². The quantitative estimate of drug-likeness (QED) is 0.783. The number of anilines is 2. The Hall–Kier alpha value is -2.63. The molecule has 0 radical (unpaired) electrons. The van der Waals surface area contributed by atoms with Gasteiger partial charge in [0.15, 0.2) is 11.5 Å². The molecule has 0 aliphatic heterocycles. The Balaban J connectivity index is 2.17. The van der Waals surface area contributed by atoms with Crippen LogP contribution in [0.2, 0.25) is 0 Å². The average molecular weight is 261 g/mol. The number of hydrogen-bond acceptors (Lipinski definition) is 4. The number of H-pyrrole nitrogens is 1. The maximum Gasteiger partial charge on any atom is 0.272 e. The van der Waals surface area contributed by atoms with Crippen LogP contribution in [-0.2, 0) is 0 Å². The second-order valence-electron chi connectivity index (χ2n) is 3.87. The summed E-state index contributed by atoms with van der Waals surface area (Å²) in [5, 5.41) is 2.74. The predicted octanol–water partition coefficient (Wildman–Crippen LogP) is 1.87. The number of nitrogens with one attached hydrogen (secondary N) is 2. The number of aromatic amines is 1. The van der Waals surface area contributed by atoms with Gasteiger partial charge in [0.1, 0.15) is 5.69 Å². The van der Waals surface area contributed by atoms with Crippen molar-refractivity contribution in [3.63, 3.8) is 0 Å². The van der Waals surface area contributed by atoms with Crippen LogP contribution in [0.15, 0.2) is 30.5 Å². The molecule has 100 valence electrons. The molecule has 0 spiro atoms. The lowest BCUT2D eigenvalue weighted by Crippen LogP contribution is -2.12. The van der Waals surface area contributed by atoms with E-state index in [1.807, 2.05) is 0 Å². The summed E-state index contributed by atoms with van der Waals surface area (Å²) in [5.74, 6) is 0.875. The lowest BCUT2D eigenvalue weighted by molar-refractivity contribution is 0.102. The fraction of sp³-hybridized carbons (Fsp3) is 0.154. The Labute approximate surface area is 110 Å². The zero-order valence-corrected chi connectivity index (χ0v) is 10.7. The molecule has 0 saturated carbocycles. The van der Waals surface area contributed by atoms with E-state index in [4.69, 9.17) is 15.2 Å². The van der Waals surface area contributed by atoms with Crippen molar-refractivity contribution in [3.05, 3.63) is 36.2 Å². The third-order valence-corrected chi connectivity index (χ3v) is 2.59. The lowest BCUT2D eigenvalue weighted by Gasteiger charge is -2.10. The third kappa shape index (κ3) is 2.79. The number of aromatic nitrogens is 1. The number of amides is 1. The zero-order chi connectivity index (χ0) is 13.8. The molecule has 4 N–H and O–H groups in total. The molecule has 19 heavy (non-hydrogen) atoms. The fourth-order valence-corrected chi connectivity index (χ4v) is 1.65. The van der Waals surface area contributed by atoms with Gasteiger partial charge in [-0.2, -0.15) is 0 Å². The van der Waals surface area contributed by atoms with Gasteiger partial charge in [-0.25, -0.2) is 0 Å². The van der Waals surface area contributed by atoms with Gasteiger partial charge in [0.25, 0.3) is 5.91 Å². The van der Waals surface area contributed by atoms with E-state index in [9.17, 15) is 4.79 Å². The van der Waals surface area contributed by atoms with Crippen molar-refractivity contribution in [2.24, 2.45) is 0 Å². The van der Waals surface area contributed by atoms with Crippen LogP contribution in [0.4, 0.5) is 11.4 Å². The van der Waals surface area contributed by atoms with Crippen molar-refractivity contribution >= 4 is 17.3 Å². The monoisotopic (exact) mass is 261 g/mol. The summed E-state index contributed by atoms with van der Waals surface area (Å²) in [5.41, 5.74) is 7.06. The fourth-order valence-electron chi connectivity index (χ4n) is 1.65. The van der Waals surface area contributed by atoms with Crippen LogP contribution in [0.1, 0.15) is 10.5 Å². The molecule has 2 aromatic rings. The van der Waals surface area contributed by atoms with Crippen molar-refractivity contribution in [3.8, 4) is 11.5 Å². The standard InChI is InChI=1S/C13H15N3O3/c1-18-11-4-3-9(6-12(11)19-2)16-13(17)10-5-8(14)7-15-10/h3-7,15H,14H2,1-2H3,(H,16,17). The second-order valence-corrected chi connectivity index (χ2v) is 3.87. The SMILES string of the molecule is COc1ccc(NC(=O)c2cc(N)c[nH]2)cc1OC. The topological polar surface area (TPSA) is 89.4 Å². The molecule has 6 nitrogen and oxygen atoms in total. The first-order chi connectivity index (χ1) is 9.13. The zero-order valence-electron chi connectivity index (χ0n) is 10.7. The van der Waals surface area contributed by atoms with E-state index in [1.54, 1.807) is 37.6 Å². The summed E-state index contributed by atoms with van der Waals surface area (Å²) in [6, 6.07) is 6.70. The summed E-state index contributed by atoms with van der Waals surface area (Å²) in [6.07, 6.45) is 1.56. The average Bonchev–Trinajstić information content (AvgIpc) is 2.85. The summed E-state index contributed by atoms with van der Waals surface area (Å²) in [6.45, 7) is 0. The molecule has 1 aromatic carbocycles. The van der Waals surface area contributed by atoms with Crippen LogP contribution >= 0.6 is 0 Å². The normalized spacial score (nSPS) is 10.0. The van der Waals surface area contributed by atoms with Gasteiger partial charge in [0.2, 0.25) is 0 Å². The molecule has 0 atom stereocenters. The number of nitrogens with two attached hydrogens (primary N) is 1. The number of benzene rings is 1. The van der Waals surface area contributed by atoms with Gasteiger partial charge in [0.05, 0.1) is 14.2 Å². The number of ether oxygens (including phenoxy) is 2. The minimum Gasteiger partial charge on any atom is -0.493 e. The summed E-state index contributed by atoms with van der Waals surface area (Å²) < 4.78 is 10.3. The first-order valence-electron chi connectivity index (χ1n) is 5.61. The number of nitrogen functional groups attached to an aromatic ring is 1. The van der Waals surface area contributed by atoms with E-state index in [2.05, 4.69) is 10.3 Å². The number of hydrogen-bond donors (Lipinski definition) is 3. The van der Waals surface area contributed by atoms with Crippen LogP contribution in [0.3, 0.4) is 0 Å². The van der Waals surface area contributed by atoms with E-state index >= 15 is 0 Å². The number of methoxy groups -OCH3 is 2. The van der Waals surface area contributed by atoms with E-state index in [0.29, 0.717) is 28.6 Å². The summed E-state index contributed by atoms with van der Waals surface area (Å²) in [4.78, 5) is 14.7. The smallest absolute Gasteiger partial charge is 0.272 e. The second kappa shape index (κ2) is 5.34. The summed E-state index contributed by atoms with van der Waals surface area (Å²) in [7, 11) is 3.09. The highest BCUT2D eigenvalue weighted by Crippen LogP contribution is 2.29. The Bertz CT molecular complexity index is 593. The van der Waals surface area contributed by atoms with Gasteiger partial charge >= 0.3 is 0 Å². The highest BCUT2D eigenvalue weighted by Gasteiger charge is 2.10. The van der Waals surface area contributed by atoms with Crippen molar-refractivity contribution in [1.29, 1.82) is 0 Å². The van der Waals surface area contributed by atoms with E-state index in [1.165, 1.54) is 7.11 Å². The van der Waals surface area contributed by atoms with Gasteiger partial charge in [-0.05, 0) is 18.2 Å². The molecule has 1 aromatic heterocycles. The molecular formula is C13H15N3O3. The number of carbonyl (C=O) groups is 1. The van der Waals surface area contributed by atoms with Crippen LogP contribution in [0.5, 0.6) is 11.5 Å². The van der Waals surface area contributed by atoms with Crippen molar-refractivity contribution in [1.82, 2.24) is 4.98 Å². The van der Waals surface area contributed by atoms with E-state index in [-0.39, 0.29) is 5.91 Å². The largest absolute Gasteiger partial charge is 0.493 e. The van der Waals surface area contributed by atoms with Crippen molar-refractivity contribution in [2.45, 2.75) is 0 Å². The first kappa shape index (κ1) is 12.8.